The third-order valence-electron chi connectivity index (χ3n) is 2.73. The Kier molecular flexibility index (Phi) is 4.08. The number of rotatable bonds is 4. The van der Waals surface area contributed by atoms with Crippen LogP contribution in [0.15, 0.2) is 41.3 Å². The molecule has 2 aromatic rings. The summed E-state index contributed by atoms with van der Waals surface area (Å²) in [6, 6.07) is 7.75. The van der Waals surface area contributed by atoms with Crippen molar-refractivity contribution in [2.75, 3.05) is 6.61 Å². The van der Waals surface area contributed by atoms with Crippen molar-refractivity contribution in [3.63, 3.8) is 0 Å². The van der Waals surface area contributed by atoms with Gasteiger partial charge in [0.25, 0.3) is 6.33 Å². The number of esters is 1. The average Bonchev–Trinajstić information content (AvgIpc) is 2.77. The van der Waals surface area contributed by atoms with E-state index < -0.39 is 5.97 Å². The van der Waals surface area contributed by atoms with Crippen molar-refractivity contribution in [3.8, 4) is 0 Å². The topological polar surface area (TPSA) is 71.3 Å². The molecule has 0 radical (unpaired) electrons. The van der Waals surface area contributed by atoms with Crippen LogP contribution in [0, 0.1) is 5.41 Å². The van der Waals surface area contributed by atoms with Crippen LogP contribution in [0.5, 0.6) is 0 Å². The maximum absolute atomic E-state index is 11.5. The minimum Gasteiger partial charge on any atom is -0.462 e. The van der Waals surface area contributed by atoms with Gasteiger partial charge >= 0.3 is 5.97 Å². The molecule has 6 nitrogen and oxygen atoms in total. The Balaban J connectivity index is 2.34. The van der Waals surface area contributed by atoms with E-state index in [2.05, 4.69) is 5.10 Å². The molecule has 1 heterocycles. The second kappa shape index (κ2) is 5.95. The molecular formula is C14H15N4O2+. The fraction of sp³-hybridized carbons (Fsp3) is 0.214. The molecule has 1 aromatic carbocycles. The molecule has 0 aliphatic rings. The monoisotopic (exact) mass is 271 g/mol. The zero-order valence-electron chi connectivity index (χ0n) is 11.3. The highest BCUT2D eigenvalue weighted by molar-refractivity contribution is 6.16. The molecule has 0 atom stereocenters. The molecule has 0 unspecified atom stereocenters. The largest absolute Gasteiger partial charge is 0.462 e. The standard InChI is InChI=1S/C14H15N4O2/c1-3-20-14(19)11(8-15)9-16-18-10-17(2)12-6-4-5-7-13(12)18/h4-7,9-10,15H,3H2,1-2H3/q+1/b16-9+. The third kappa shape index (κ3) is 2.65. The number of aryl methyl sites for hydroxylation is 1. The summed E-state index contributed by atoms with van der Waals surface area (Å²) in [5, 5.41) is 11.3. The number of aromatic nitrogens is 2. The molecule has 0 spiro atoms. The smallest absolute Gasteiger partial charge is 0.349 e. The highest BCUT2D eigenvalue weighted by atomic mass is 16.5. The number of hydrogen-bond acceptors (Lipinski definition) is 4. The Bertz CT molecular complexity index is 724. The molecule has 102 valence electrons. The average molecular weight is 271 g/mol. The summed E-state index contributed by atoms with van der Waals surface area (Å²) in [4.78, 5) is 11.5. The Morgan fingerprint density at radius 3 is 3.00 bits per heavy atom. The number of benzene rings is 1. The molecule has 1 N–H and O–H groups in total. The van der Waals surface area contributed by atoms with E-state index in [0.29, 0.717) is 0 Å². The Hall–Kier alpha value is -2.72. The van der Waals surface area contributed by atoms with E-state index >= 15 is 0 Å². The van der Waals surface area contributed by atoms with Crippen LogP contribution >= 0.6 is 0 Å². The van der Waals surface area contributed by atoms with Crippen LogP contribution in [0.2, 0.25) is 0 Å². The van der Waals surface area contributed by atoms with Crippen molar-refractivity contribution in [1.29, 1.82) is 5.41 Å². The number of para-hydroxylation sites is 2. The first-order valence-corrected chi connectivity index (χ1v) is 6.14. The number of ether oxygens (including phenoxy) is 1. The number of nitrogens with one attached hydrogen (secondary N) is 1. The first-order valence-electron chi connectivity index (χ1n) is 6.14. The Morgan fingerprint density at radius 2 is 2.30 bits per heavy atom. The zero-order chi connectivity index (χ0) is 14.5. The first-order chi connectivity index (χ1) is 9.67. The minimum atomic E-state index is -0.605. The molecule has 0 aliphatic carbocycles. The zero-order valence-corrected chi connectivity index (χ0v) is 11.3. The second-order valence-corrected chi connectivity index (χ2v) is 4.06. The number of fused-ring (bicyclic) bond motifs is 1. The van der Waals surface area contributed by atoms with E-state index in [1.54, 1.807) is 17.9 Å². The summed E-state index contributed by atoms with van der Waals surface area (Å²) < 4.78 is 8.36. The van der Waals surface area contributed by atoms with Gasteiger partial charge in [0.2, 0.25) is 5.52 Å². The summed E-state index contributed by atoms with van der Waals surface area (Å²) in [5.41, 5.74) is 1.90. The van der Waals surface area contributed by atoms with Gasteiger partial charge in [-0.1, -0.05) is 21.9 Å². The van der Waals surface area contributed by atoms with Gasteiger partial charge in [0.05, 0.1) is 19.9 Å². The van der Waals surface area contributed by atoms with Crippen LogP contribution < -0.4 is 4.57 Å². The highest BCUT2D eigenvalue weighted by Gasteiger charge is 2.13. The van der Waals surface area contributed by atoms with Crippen LogP contribution in [0.25, 0.3) is 11.0 Å². The molecule has 2 rings (SSSR count). The number of carbonyl (C=O) groups excluding carboxylic acids is 1. The van der Waals surface area contributed by atoms with Crippen molar-refractivity contribution < 1.29 is 14.1 Å². The van der Waals surface area contributed by atoms with Crippen LogP contribution in [-0.4, -0.2) is 29.3 Å². The fourth-order valence-corrected chi connectivity index (χ4v) is 1.80. The molecule has 0 saturated heterocycles. The van der Waals surface area contributed by atoms with Crippen LogP contribution in [0.1, 0.15) is 6.92 Å². The molecular weight excluding hydrogens is 256 g/mol. The van der Waals surface area contributed by atoms with Crippen LogP contribution in [-0.2, 0) is 16.6 Å². The Morgan fingerprint density at radius 1 is 1.55 bits per heavy atom. The summed E-state index contributed by atoms with van der Waals surface area (Å²) >= 11 is 0. The van der Waals surface area contributed by atoms with Crippen LogP contribution in [0.3, 0.4) is 0 Å². The highest BCUT2D eigenvalue weighted by Crippen LogP contribution is 2.09. The lowest BCUT2D eigenvalue weighted by Gasteiger charge is -1.97. The van der Waals surface area contributed by atoms with Crippen molar-refractivity contribution in [3.05, 3.63) is 36.2 Å². The first kappa shape index (κ1) is 13.7. The van der Waals surface area contributed by atoms with E-state index in [1.807, 2.05) is 41.8 Å². The lowest BCUT2D eigenvalue weighted by molar-refractivity contribution is -0.645. The van der Waals surface area contributed by atoms with Gasteiger partial charge in [-0.15, -0.1) is 0 Å². The summed E-state index contributed by atoms with van der Waals surface area (Å²) in [6.45, 7) is 1.95. The SMILES string of the molecule is CCOC(=O)C(=C=N)/C=N/n1c[n+](C)c2ccccc21. The normalized spacial score (nSPS) is 10.7. The van der Waals surface area contributed by atoms with Gasteiger partial charge < -0.3 is 4.74 Å². The van der Waals surface area contributed by atoms with Crippen molar-refractivity contribution >= 4 is 29.1 Å². The van der Waals surface area contributed by atoms with Crippen molar-refractivity contribution in [2.45, 2.75) is 6.92 Å². The summed E-state index contributed by atoms with van der Waals surface area (Å²) in [7, 11) is 1.91. The van der Waals surface area contributed by atoms with E-state index in [0.717, 1.165) is 11.0 Å². The molecule has 6 heteroatoms. The third-order valence-corrected chi connectivity index (χ3v) is 2.73. The Labute approximate surface area is 116 Å². The maximum atomic E-state index is 11.5. The molecule has 0 saturated carbocycles. The van der Waals surface area contributed by atoms with Crippen LogP contribution in [0.4, 0.5) is 0 Å². The van der Waals surface area contributed by atoms with E-state index in [9.17, 15) is 4.79 Å². The number of imidazole rings is 1. The van der Waals surface area contributed by atoms with Gasteiger partial charge in [0.15, 0.2) is 5.52 Å². The lowest BCUT2D eigenvalue weighted by Crippen LogP contribution is -2.25. The molecule has 20 heavy (non-hydrogen) atoms. The molecule has 0 bridgehead atoms. The number of nitrogens with zero attached hydrogens (tertiary/aromatic N) is 3. The van der Waals surface area contributed by atoms with E-state index in [4.69, 9.17) is 10.1 Å². The predicted octanol–water partition coefficient (Wildman–Crippen LogP) is 1.04. The molecule has 1 aromatic heterocycles. The van der Waals surface area contributed by atoms with Gasteiger partial charge in [-0.2, -0.15) is 0 Å². The summed E-state index contributed by atoms with van der Waals surface area (Å²) in [6.07, 6.45) is 3.06. The quantitative estimate of drug-likeness (QED) is 0.390. The molecule has 0 amide bonds. The number of carbonyl (C=O) groups is 1. The van der Waals surface area contributed by atoms with Gasteiger partial charge in [-0.3, -0.25) is 5.41 Å². The van der Waals surface area contributed by atoms with Gasteiger partial charge in [0, 0.05) is 0 Å². The molecule has 0 aliphatic heterocycles. The van der Waals surface area contributed by atoms with Crippen molar-refractivity contribution in [2.24, 2.45) is 12.1 Å². The fourth-order valence-electron chi connectivity index (χ4n) is 1.80. The predicted molar refractivity (Wildman–Crippen MR) is 74.9 cm³/mol. The maximum Gasteiger partial charge on any atom is 0.349 e. The van der Waals surface area contributed by atoms with Gasteiger partial charge in [-0.05, 0) is 24.9 Å². The van der Waals surface area contributed by atoms with E-state index in [1.165, 1.54) is 6.21 Å². The lowest BCUT2D eigenvalue weighted by atomic mass is 10.3. The molecule has 0 fully saturated rings. The van der Waals surface area contributed by atoms with Gasteiger partial charge in [-0.25, -0.2) is 9.36 Å². The number of hydrogen-bond donors (Lipinski definition) is 1. The van der Waals surface area contributed by atoms with Gasteiger partial charge in [0.1, 0.15) is 5.57 Å². The summed E-state index contributed by atoms with van der Waals surface area (Å²) in [5.74, 6) is 1.43. The minimum absolute atomic E-state index is 0.0210. The van der Waals surface area contributed by atoms with E-state index in [-0.39, 0.29) is 12.2 Å². The second-order valence-electron chi connectivity index (χ2n) is 4.06. The van der Waals surface area contributed by atoms with Crippen molar-refractivity contribution in [1.82, 2.24) is 4.68 Å².